The van der Waals surface area contributed by atoms with Crippen LogP contribution < -0.4 is 5.32 Å². The van der Waals surface area contributed by atoms with Crippen LogP contribution in [-0.4, -0.2) is 13.1 Å². The molecule has 2 aromatic rings. The first kappa shape index (κ1) is 14.9. The number of carbonyl (C=O) groups excluding carboxylic acids is 1. The van der Waals surface area contributed by atoms with Crippen molar-refractivity contribution in [2.24, 2.45) is 0 Å². The Balaban J connectivity index is 2.17. The summed E-state index contributed by atoms with van der Waals surface area (Å²) in [5.41, 5.74) is 2.27. The minimum atomic E-state index is -0.384. The molecule has 2 rings (SSSR count). The van der Waals surface area contributed by atoms with Crippen molar-refractivity contribution in [2.75, 3.05) is 12.4 Å². The summed E-state index contributed by atoms with van der Waals surface area (Å²) >= 11 is 9.61. The maximum Gasteiger partial charge on any atom is 0.337 e. The summed E-state index contributed by atoms with van der Waals surface area (Å²) in [6.07, 6.45) is 0. The van der Waals surface area contributed by atoms with E-state index in [9.17, 15) is 4.79 Å². The Morgan fingerprint density at radius 2 is 2.05 bits per heavy atom. The fourth-order valence-corrected chi connectivity index (χ4v) is 2.35. The highest BCUT2D eigenvalue weighted by Gasteiger charge is 2.09. The van der Waals surface area contributed by atoms with Crippen LogP contribution in [0.4, 0.5) is 5.69 Å². The molecule has 0 heterocycles. The molecule has 0 fully saturated rings. The lowest BCUT2D eigenvalue weighted by Gasteiger charge is -2.11. The maximum absolute atomic E-state index is 11.5. The second-order valence-electron chi connectivity index (χ2n) is 4.13. The predicted octanol–water partition coefficient (Wildman–Crippen LogP) is 4.50. The summed E-state index contributed by atoms with van der Waals surface area (Å²) < 4.78 is 5.72. The minimum absolute atomic E-state index is 0.384. The van der Waals surface area contributed by atoms with Gasteiger partial charge in [0.15, 0.2) is 0 Å². The highest BCUT2D eigenvalue weighted by atomic mass is 79.9. The van der Waals surface area contributed by atoms with Gasteiger partial charge in [0.25, 0.3) is 0 Å². The van der Waals surface area contributed by atoms with Crippen molar-refractivity contribution < 1.29 is 9.53 Å². The van der Waals surface area contributed by atoms with Crippen molar-refractivity contribution in [3.63, 3.8) is 0 Å². The number of carbonyl (C=O) groups is 1. The number of hydrogen-bond acceptors (Lipinski definition) is 3. The van der Waals surface area contributed by atoms with Gasteiger partial charge in [0.1, 0.15) is 0 Å². The fourth-order valence-electron chi connectivity index (χ4n) is 1.74. The topological polar surface area (TPSA) is 38.3 Å². The monoisotopic (exact) mass is 353 g/mol. The predicted molar refractivity (Wildman–Crippen MR) is 84.3 cm³/mol. The van der Waals surface area contributed by atoms with Crippen molar-refractivity contribution in [1.29, 1.82) is 0 Å². The first-order valence-corrected chi connectivity index (χ1v) is 7.14. The van der Waals surface area contributed by atoms with E-state index in [1.165, 1.54) is 7.11 Å². The molecule has 0 aliphatic rings. The highest BCUT2D eigenvalue weighted by Crippen LogP contribution is 2.25. The molecule has 1 N–H and O–H groups in total. The normalized spacial score (nSPS) is 10.2. The molecule has 0 bridgehead atoms. The summed E-state index contributed by atoms with van der Waals surface area (Å²) in [6, 6.07) is 12.9. The summed E-state index contributed by atoms with van der Waals surface area (Å²) in [5.74, 6) is -0.384. The maximum atomic E-state index is 11.5. The van der Waals surface area contributed by atoms with Crippen molar-refractivity contribution in [1.82, 2.24) is 0 Å². The molecule has 5 heteroatoms. The van der Waals surface area contributed by atoms with Crippen LogP contribution in [0.2, 0.25) is 5.02 Å². The third-order valence-electron chi connectivity index (χ3n) is 2.81. The van der Waals surface area contributed by atoms with Gasteiger partial charge in [-0.25, -0.2) is 4.79 Å². The molecule has 20 heavy (non-hydrogen) atoms. The number of nitrogens with one attached hydrogen (secondary N) is 1. The van der Waals surface area contributed by atoms with Crippen LogP contribution >= 0.6 is 27.5 Å². The Morgan fingerprint density at radius 3 is 2.75 bits per heavy atom. The van der Waals surface area contributed by atoms with Crippen LogP contribution in [0, 0.1) is 0 Å². The molecule has 0 aromatic heterocycles. The molecule has 0 unspecified atom stereocenters. The van der Waals surface area contributed by atoms with Crippen LogP contribution in [0.1, 0.15) is 15.9 Å². The molecule has 3 nitrogen and oxygen atoms in total. The van der Waals surface area contributed by atoms with Gasteiger partial charge < -0.3 is 10.1 Å². The van der Waals surface area contributed by atoms with E-state index >= 15 is 0 Å². The molecule has 0 radical (unpaired) electrons. The summed E-state index contributed by atoms with van der Waals surface area (Å²) in [5, 5.41) is 3.78. The molecule has 0 atom stereocenters. The van der Waals surface area contributed by atoms with Gasteiger partial charge in [0.05, 0.1) is 23.4 Å². The zero-order valence-corrected chi connectivity index (χ0v) is 13.2. The number of ether oxygens (including phenoxy) is 1. The molecule has 0 spiro atoms. The van der Waals surface area contributed by atoms with E-state index in [2.05, 4.69) is 21.2 Å². The number of halogens is 2. The SMILES string of the molecule is COC(=O)c1ccc(Cl)c(NCc2ccccc2Br)c1. The van der Waals surface area contributed by atoms with Gasteiger partial charge in [-0.15, -0.1) is 0 Å². The van der Waals surface area contributed by atoms with E-state index in [0.717, 1.165) is 10.0 Å². The van der Waals surface area contributed by atoms with Crippen LogP contribution in [0.3, 0.4) is 0 Å². The molecule has 0 amide bonds. The zero-order chi connectivity index (χ0) is 14.5. The van der Waals surface area contributed by atoms with Crippen molar-refractivity contribution in [3.8, 4) is 0 Å². The van der Waals surface area contributed by atoms with Crippen molar-refractivity contribution in [2.45, 2.75) is 6.54 Å². The van der Waals surface area contributed by atoms with Gasteiger partial charge in [-0.2, -0.15) is 0 Å². The van der Waals surface area contributed by atoms with E-state index < -0.39 is 0 Å². The largest absolute Gasteiger partial charge is 0.465 e. The highest BCUT2D eigenvalue weighted by molar-refractivity contribution is 9.10. The molecular weight excluding hydrogens is 342 g/mol. The van der Waals surface area contributed by atoms with Gasteiger partial charge in [-0.05, 0) is 29.8 Å². The molecule has 0 aliphatic carbocycles. The van der Waals surface area contributed by atoms with Gasteiger partial charge in [0, 0.05) is 11.0 Å². The van der Waals surface area contributed by atoms with Crippen LogP contribution in [0.25, 0.3) is 0 Å². The van der Waals surface area contributed by atoms with E-state index in [1.54, 1.807) is 18.2 Å². The summed E-state index contributed by atoms with van der Waals surface area (Å²) in [6.45, 7) is 0.603. The second kappa shape index (κ2) is 6.77. The number of rotatable bonds is 4. The third-order valence-corrected chi connectivity index (χ3v) is 3.92. The van der Waals surface area contributed by atoms with Crippen LogP contribution in [0.15, 0.2) is 46.9 Å². The molecule has 0 saturated heterocycles. The fraction of sp³-hybridized carbons (Fsp3) is 0.133. The number of esters is 1. The van der Waals surface area contributed by atoms with Crippen LogP contribution in [-0.2, 0) is 11.3 Å². The lowest BCUT2D eigenvalue weighted by molar-refractivity contribution is 0.0601. The molecule has 0 saturated carbocycles. The Bertz CT molecular complexity index is 631. The van der Waals surface area contributed by atoms with Gasteiger partial charge >= 0.3 is 5.97 Å². The molecule has 2 aromatic carbocycles. The lowest BCUT2D eigenvalue weighted by atomic mass is 10.2. The average molecular weight is 355 g/mol. The Labute approximate surface area is 131 Å². The summed E-state index contributed by atoms with van der Waals surface area (Å²) in [7, 11) is 1.35. The first-order chi connectivity index (χ1) is 9.61. The Hall–Kier alpha value is -1.52. The van der Waals surface area contributed by atoms with Crippen molar-refractivity contribution >= 4 is 39.2 Å². The van der Waals surface area contributed by atoms with Crippen LogP contribution in [0.5, 0.6) is 0 Å². The quantitative estimate of drug-likeness (QED) is 0.822. The molecule has 104 valence electrons. The third kappa shape index (κ3) is 3.52. The minimum Gasteiger partial charge on any atom is -0.465 e. The summed E-state index contributed by atoms with van der Waals surface area (Å²) in [4.78, 5) is 11.5. The number of methoxy groups -OCH3 is 1. The first-order valence-electron chi connectivity index (χ1n) is 5.97. The Kier molecular flexibility index (Phi) is 5.04. The number of anilines is 1. The molecular formula is C15H13BrClNO2. The van der Waals surface area contributed by atoms with E-state index in [1.807, 2.05) is 24.3 Å². The smallest absolute Gasteiger partial charge is 0.337 e. The average Bonchev–Trinajstić information content (AvgIpc) is 2.47. The van der Waals surface area contributed by atoms with Gasteiger partial charge in [0.2, 0.25) is 0 Å². The lowest BCUT2D eigenvalue weighted by Crippen LogP contribution is -2.04. The molecule has 0 aliphatic heterocycles. The van der Waals surface area contributed by atoms with Gasteiger partial charge in [-0.1, -0.05) is 45.7 Å². The number of hydrogen-bond donors (Lipinski definition) is 1. The van der Waals surface area contributed by atoms with E-state index in [0.29, 0.717) is 22.8 Å². The van der Waals surface area contributed by atoms with Gasteiger partial charge in [-0.3, -0.25) is 0 Å². The second-order valence-corrected chi connectivity index (χ2v) is 5.39. The van der Waals surface area contributed by atoms with E-state index in [4.69, 9.17) is 16.3 Å². The zero-order valence-electron chi connectivity index (χ0n) is 10.8. The Morgan fingerprint density at radius 1 is 1.30 bits per heavy atom. The number of benzene rings is 2. The van der Waals surface area contributed by atoms with E-state index in [-0.39, 0.29) is 5.97 Å². The standard InChI is InChI=1S/C15H13BrClNO2/c1-20-15(19)10-6-7-13(17)14(8-10)18-9-11-4-2-3-5-12(11)16/h2-8,18H,9H2,1H3. The van der Waals surface area contributed by atoms with Crippen molar-refractivity contribution in [3.05, 3.63) is 63.1 Å².